The van der Waals surface area contributed by atoms with Crippen LogP contribution < -0.4 is 9.46 Å². The molecule has 204 valence electrons. The van der Waals surface area contributed by atoms with E-state index < -0.39 is 27.7 Å². The maximum Gasteiger partial charge on any atom is 0.416 e. The van der Waals surface area contributed by atoms with Gasteiger partial charge in [-0.05, 0) is 75.2 Å². The summed E-state index contributed by atoms with van der Waals surface area (Å²) in [5.41, 5.74) is 1.98. The van der Waals surface area contributed by atoms with Crippen LogP contribution in [0.4, 0.5) is 13.2 Å². The molecule has 0 bridgehead atoms. The molecule has 0 aliphatic rings. The Hall–Kier alpha value is -4.25. The van der Waals surface area contributed by atoms with Gasteiger partial charge in [0.25, 0.3) is 15.9 Å². The maximum absolute atomic E-state index is 13.3. The molecule has 2 aromatic heterocycles. The number of rotatable bonds is 6. The lowest BCUT2D eigenvalue weighted by molar-refractivity contribution is -0.137. The van der Waals surface area contributed by atoms with E-state index in [1.807, 2.05) is 23.8 Å². The summed E-state index contributed by atoms with van der Waals surface area (Å²) in [7, 11) is -4.34. The Bertz CT molecular complexity index is 1670. The molecule has 0 radical (unpaired) electrons. The van der Waals surface area contributed by atoms with Gasteiger partial charge in [0.1, 0.15) is 11.3 Å². The number of aryl methyl sites for hydroxylation is 4. The van der Waals surface area contributed by atoms with Crippen molar-refractivity contribution in [3.63, 3.8) is 0 Å². The number of pyridine rings is 2. The van der Waals surface area contributed by atoms with Crippen LogP contribution in [0.3, 0.4) is 0 Å². The van der Waals surface area contributed by atoms with Crippen molar-refractivity contribution in [1.29, 1.82) is 0 Å². The number of hydrogen-bond acceptors (Lipinski definition) is 6. The molecule has 2 heterocycles. The van der Waals surface area contributed by atoms with Crippen LogP contribution in [0, 0.1) is 27.7 Å². The predicted octanol–water partition coefficient (Wildman–Crippen LogP) is 6.55. The van der Waals surface area contributed by atoms with Gasteiger partial charge in [0.05, 0.1) is 11.3 Å². The first kappa shape index (κ1) is 27.8. The van der Waals surface area contributed by atoms with E-state index in [2.05, 4.69) is 9.97 Å². The van der Waals surface area contributed by atoms with Crippen LogP contribution in [0.5, 0.6) is 11.6 Å². The number of aromatic nitrogens is 2. The molecule has 39 heavy (non-hydrogen) atoms. The second-order valence-corrected chi connectivity index (χ2v) is 10.6. The smallest absolute Gasteiger partial charge is 0.416 e. The van der Waals surface area contributed by atoms with Crippen LogP contribution in [-0.4, -0.2) is 24.3 Å². The highest BCUT2D eigenvalue weighted by Crippen LogP contribution is 2.35. The Morgan fingerprint density at radius 1 is 0.897 bits per heavy atom. The van der Waals surface area contributed by atoms with Crippen LogP contribution in [-0.2, 0) is 16.2 Å². The molecule has 11 heteroatoms. The molecule has 0 atom stereocenters. The summed E-state index contributed by atoms with van der Waals surface area (Å²) in [6.45, 7) is 7.09. The minimum atomic E-state index is -4.57. The van der Waals surface area contributed by atoms with Gasteiger partial charge in [-0.1, -0.05) is 35.9 Å². The van der Waals surface area contributed by atoms with Crippen LogP contribution in [0.15, 0.2) is 71.8 Å². The number of alkyl halides is 3. The van der Waals surface area contributed by atoms with Gasteiger partial charge in [-0.15, -0.1) is 0 Å². The van der Waals surface area contributed by atoms with Gasteiger partial charge in [0, 0.05) is 12.7 Å². The molecule has 0 saturated carbocycles. The molecular formula is C28H26F3N3O4S. The van der Waals surface area contributed by atoms with E-state index in [-0.39, 0.29) is 29.2 Å². The van der Waals surface area contributed by atoms with Crippen molar-refractivity contribution in [3.05, 3.63) is 100 Å². The third-order valence-electron chi connectivity index (χ3n) is 5.76. The average Bonchev–Trinajstić information content (AvgIpc) is 2.85. The van der Waals surface area contributed by atoms with E-state index >= 15 is 0 Å². The van der Waals surface area contributed by atoms with E-state index in [4.69, 9.17) is 4.74 Å². The van der Waals surface area contributed by atoms with Crippen molar-refractivity contribution in [3.8, 4) is 22.9 Å². The second kappa shape index (κ2) is 10.5. The summed E-state index contributed by atoms with van der Waals surface area (Å²) in [6, 6.07) is 15.2. The summed E-state index contributed by atoms with van der Waals surface area (Å²) in [4.78, 5) is 21.5. The lowest BCUT2D eigenvalue weighted by Crippen LogP contribution is -2.31. The molecular weight excluding hydrogens is 531 g/mol. The largest absolute Gasteiger partial charge is 0.438 e. The number of halogens is 3. The van der Waals surface area contributed by atoms with E-state index in [9.17, 15) is 26.4 Å². The van der Waals surface area contributed by atoms with Crippen LogP contribution in [0.1, 0.15) is 39.7 Å². The molecule has 0 unspecified atom stereocenters. The second-order valence-electron chi connectivity index (χ2n) is 9.01. The Balaban J connectivity index is 0.00000441. The lowest BCUT2D eigenvalue weighted by Gasteiger charge is -2.16. The SMILES string of the molecule is Cc1cc(C)c(Oc2nc(-c3cccc(C(F)(F)F)c3)ccc2C(=O)NS(=O)(=O)c2cccc(C)n2)c(C)c1.[HH]. The molecule has 0 aliphatic heterocycles. The number of amides is 1. The van der Waals surface area contributed by atoms with Crippen LogP contribution in [0.25, 0.3) is 11.3 Å². The van der Waals surface area contributed by atoms with Crippen LogP contribution in [0.2, 0.25) is 0 Å². The third kappa shape index (κ3) is 6.26. The number of nitrogens with one attached hydrogen (secondary N) is 1. The van der Waals surface area contributed by atoms with Gasteiger partial charge in [0.2, 0.25) is 5.88 Å². The van der Waals surface area contributed by atoms with E-state index in [0.29, 0.717) is 11.4 Å². The Morgan fingerprint density at radius 2 is 1.56 bits per heavy atom. The fraction of sp³-hybridized carbons (Fsp3) is 0.179. The minimum absolute atomic E-state index is 0. The molecule has 0 spiro atoms. The summed E-state index contributed by atoms with van der Waals surface area (Å²) < 4.78 is 73.6. The average molecular weight is 558 g/mol. The summed E-state index contributed by atoms with van der Waals surface area (Å²) in [5.74, 6) is -0.935. The molecule has 2 aromatic carbocycles. The van der Waals surface area contributed by atoms with Crippen molar-refractivity contribution in [2.24, 2.45) is 0 Å². The normalized spacial score (nSPS) is 11.8. The number of ether oxygens (including phenoxy) is 1. The topological polar surface area (TPSA) is 98.2 Å². The van der Waals surface area contributed by atoms with Crippen LogP contribution >= 0.6 is 0 Å². The molecule has 0 fully saturated rings. The zero-order valence-electron chi connectivity index (χ0n) is 21.4. The predicted molar refractivity (Wildman–Crippen MR) is 141 cm³/mol. The van der Waals surface area contributed by atoms with Gasteiger partial charge < -0.3 is 4.74 Å². The quantitative estimate of drug-likeness (QED) is 0.289. The first-order valence-corrected chi connectivity index (χ1v) is 13.2. The fourth-order valence-corrected chi connectivity index (χ4v) is 5.01. The standard InChI is InChI=1S/C28H24F3N3O4S.H2/c1-16-13-17(2)25(18(3)14-16)38-27-22(26(35)34-39(36,37)24-10-5-7-19(4)32-24)11-12-23(33-27)20-8-6-9-21(15-20)28(29,30)31;/h5-15H,1-4H3,(H,34,35);1H. The summed E-state index contributed by atoms with van der Waals surface area (Å²) >= 11 is 0. The molecule has 4 rings (SSSR count). The van der Waals surface area contributed by atoms with Crippen molar-refractivity contribution >= 4 is 15.9 Å². The first-order valence-electron chi connectivity index (χ1n) is 11.7. The van der Waals surface area contributed by atoms with Crippen molar-refractivity contribution in [2.45, 2.75) is 38.9 Å². The Kier molecular flexibility index (Phi) is 7.47. The highest BCUT2D eigenvalue weighted by atomic mass is 32.2. The van der Waals surface area contributed by atoms with Crippen molar-refractivity contribution < 1.29 is 32.5 Å². The number of nitrogens with zero attached hydrogens (tertiary/aromatic N) is 2. The molecule has 1 amide bonds. The van der Waals surface area contributed by atoms with Gasteiger partial charge in [0.15, 0.2) is 5.03 Å². The van der Waals surface area contributed by atoms with Gasteiger partial charge in [-0.2, -0.15) is 21.6 Å². The molecule has 1 N–H and O–H groups in total. The van der Waals surface area contributed by atoms with Gasteiger partial charge in [-0.3, -0.25) is 4.79 Å². The lowest BCUT2D eigenvalue weighted by atomic mass is 10.1. The van der Waals surface area contributed by atoms with E-state index in [0.717, 1.165) is 28.8 Å². The zero-order valence-corrected chi connectivity index (χ0v) is 22.2. The van der Waals surface area contributed by atoms with Gasteiger partial charge in [-0.25, -0.2) is 14.7 Å². The van der Waals surface area contributed by atoms with Gasteiger partial charge >= 0.3 is 6.18 Å². The van der Waals surface area contributed by atoms with E-state index in [1.165, 1.54) is 36.4 Å². The maximum atomic E-state index is 13.3. The molecule has 0 aliphatic carbocycles. The Labute approximate surface area is 225 Å². The monoisotopic (exact) mass is 557 g/mol. The molecule has 4 aromatic rings. The summed E-state index contributed by atoms with van der Waals surface area (Å²) in [5, 5.41) is -0.350. The van der Waals surface area contributed by atoms with E-state index in [1.54, 1.807) is 26.8 Å². The van der Waals surface area contributed by atoms with Crippen molar-refractivity contribution in [2.75, 3.05) is 0 Å². The first-order chi connectivity index (χ1) is 18.2. The number of carbonyl (C=O) groups is 1. The minimum Gasteiger partial charge on any atom is -0.438 e. The fourth-order valence-electron chi connectivity index (χ4n) is 4.03. The molecule has 0 saturated heterocycles. The third-order valence-corrected chi connectivity index (χ3v) is 6.99. The zero-order chi connectivity index (χ0) is 28.5. The number of carbonyl (C=O) groups excluding carboxylic acids is 1. The molecule has 7 nitrogen and oxygen atoms in total. The highest BCUT2D eigenvalue weighted by molar-refractivity contribution is 7.90. The number of sulfonamides is 1. The Morgan fingerprint density at radius 3 is 2.21 bits per heavy atom. The highest BCUT2D eigenvalue weighted by Gasteiger charge is 2.31. The van der Waals surface area contributed by atoms with Crippen molar-refractivity contribution in [1.82, 2.24) is 14.7 Å². The number of benzene rings is 2. The number of hydrogen-bond donors (Lipinski definition) is 1. The summed E-state index contributed by atoms with van der Waals surface area (Å²) in [6.07, 6.45) is -4.57.